The van der Waals surface area contributed by atoms with Crippen molar-refractivity contribution in [3.8, 4) is 11.5 Å². The number of methoxy groups -OCH3 is 2. The lowest BCUT2D eigenvalue weighted by Crippen LogP contribution is -2.05. The first kappa shape index (κ1) is 17.0. The third-order valence-corrected chi connectivity index (χ3v) is 4.08. The fourth-order valence-corrected chi connectivity index (χ4v) is 2.79. The molecular weight excluding hydrogens is 318 g/mol. The molecule has 2 heterocycles. The van der Waals surface area contributed by atoms with Crippen LogP contribution in [-0.2, 0) is 13.0 Å². The number of nitrogens with one attached hydrogen (secondary N) is 1. The molecule has 0 aliphatic carbocycles. The highest BCUT2D eigenvalue weighted by molar-refractivity contribution is 5.90. The summed E-state index contributed by atoms with van der Waals surface area (Å²) in [6.07, 6.45) is 0.747. The second kappa shape index (κ2) is 6.96. The zero-order valence-electron chi connectivity index (χ0n) is 15.3. The molecule has 1 aromatic carbocycles. The number of nitrogens with zero attached hydrogens (tertiary/aromatic N) is 4. The van der Waals surface area contributed by atoms with Crippen molar-refractivity contribution < 1.29 is 9.47 Å². The lowest BCUT2D eigenvalue weighted by molar-refractivity contribution is 0.405. The maximum Gasteiger partial charge on any atom is 0.160 e. The lowest BCUT2D eigenvalue weighted by atomic mass is 10.2. The number of benzene rings is 1. The Morgan fingerprint density at radius 1 is 1.12 bits per heavy atom. The Labute approximate surface area is 147 Å². The molecule has 25 heavy (non-hydrogen) atoms. The molecule has 0 radical (unpaired) electrons. The van der Waals surface area contributed by atoms with E-state index >= 15 is 0 Å². The SMILES string of the molecule is CCc1nc(Nc2cc(OC)ccc2OC)c2c(n1)c(C)nn2CC. The van der Waals surface area contributed by atoms with Crippen molar-refractivity contribution in [3.05, 3.63) is 29.7 Å². The van der Waals surface area contributed by atoms with Crippen LogP contribution in [0.2, 0.25) is 0 Å². The summed E-state index contributed by atoms with van der Waals surface area (Å²) in [7, 11) is 3.28. The van der Waals surface area contributed by atoms with E-state index in [1.807, 2.05) is 36.7 Å². The average Bonchev–Trinajstić information content (AvgIpc) is 2.97. The number of rotatable bonds is 6. The van der Waals surface area contributed by atoms with Gasteiger partial charge < -0.3 is 14.8 Å². The number of fused-ring (bicyclic) bond motifs is 1. The molecule has 0 fully saturated rings. The highest BCUT2D eigenvalue weighted by Gasteiger charge is 2.17. The van der Waals surface area contributed by atoms with Gasteiger partial charge in [0.05, 0.1) is 25.6 Å². The van der Waals surface area contributed by atoms with E-state index in [1.165, 1.54) is 0 Å². The molecule has 3 rings (SSSR count). The van der Waals surface area contributed by atoms with Crippen LogP contribution in [0, 0.1) is 6.92 Å². The largest absolute Gasteiger partial charge is 0.497 e. The Hall–Kier alpha value is -2.83. The molecule has 0 bridgehead atoms. The molecular formula is C18H23N5O2. The van der Waals surface area contributed by atoms with Gasteiger partial charge in [-0.15, -0.1) is 0 Å². The second-order valence-corrected chi connectivity index (χ2v) is 5.63. The topological polar surface area (TPSA) is 74.1 Å². The summed E-state index contributed by atoms with van der Waals surface area (Å²) in [6.45, 7) is 6.80. The van der Waals surface area contributed by atoms with E-state index < -0.39 is 0 Å². The van der Waals surface area contributed by atoms with Crippen LogP contribution in [0.4, 0.5) is 11.5 Å². The predicted octanol–water partition coefficient (Wildman–Crippen LogP) is 3.48. The average molecular weight is 341 g/mol. The number of aromatic nitrogens is 4. The standard InChI is InChI=1S/C18H23N5O2/c1-6-15-20-16-11(3)22-23(7-2)17(16)18(21-15)19-13-10-12(24-4)8-9-14(13)25-5/h8-10H,6-7H2,1-5H3,(H,19,20,21). The van der Waals surface area contributed by atoms with Gasteiger partial charge in [0.15, 0.2) is 5.82 Å². The molecule has 0 saturated heterocycles. The maximum absolute atomic E-state index is 5.46. The molecule has 0 amide bonds. The van der Waals surface area contributed by atoms with Gasteiger partial charge in [0.1, 0.15) is 28.4 Å². The van der Waals surface area contributed by atoms with Gasteiger partial charge in [0.2, 0.25) is 0 Å². The van der Waals surface area contributed by atoms with Crippen LogP contribution >= 0.6 is 0 Å². The number of hydrogen-bond acceptors (Lipinski definition) is 6. The number of ether oxygens (including phenoxy) is 2. The summed E-state index contributed by atoms with van der Waals surface area (Å²) in [4.78, 5) is 9.34. The van der Waals surface area contributed by atoms with E-state index in [-0.39, 0.29) is 0 Å². The van der Waals surface area contributed by atoms with E-state index in [9.17, 15) is 0 Å². The number of aryl methyl sites for hydroxylation is 3. The fourth-order valence-electron chi connectivity index (χ4n) is 2.79. The van der Waals surface area contributed by atoms with Crippen LogP contribution in [-0.4, -0.2) is 34.0 Å². The molecule has 0 aliphatic heterocycles. The molecule has 0 atom stereocenters. The Morgan fingerprint density at radius 3 is 2.56 bits per heavy atom. The summed E-state index contributed by atoms with van der Waals surface area (Å²) >= 11 is 0. The number of hydrogen-bond donors (Lipinski definition) is 1. The van der Waals surface area contributed by atoms with Gasteiger partial charge in [-0.2, -0.15) is 5.10 Å². The predicted molar refractivity (Wildman–Crippen MR) is 97.9 cm³/mol. The van der Waals surface area contributed by atoms with Crippen LogP contribution in [0.3, 0.4) is 0 Å². The van der Waals surface area contributed by atoms with Crippen molar-refractivity contribution in [1.82, 2.24) is 19.7 Å². The van der Waals surface area contributed by atoms with Crippen LogP contribution in [0.15, 0.2) is 18.2 Å². The minimum Gasteiger partial charge on any atom is -0.497 e. The maximum atomic E-state index is 5.46. The zero-order valence-corrected chi connectivity index (χ0v) is 15.3. The smallest absolute Gasteiger partial charge is 0.160 e. The summed E-state index contributed by atoms with van der Waals surface area (Å²) in [5.41, 5.74) is 3.44. The Balaban J connectivity index is 2.18. The van der Waals surface area contributed by atoms with E-state index in [0.717, 1.165) is 52.8 Å². The molecule has 1 N–H and O–H groups in total. The monoisotopic (exact) mass is 341 g/mol. The van der Waals surface area contributed by atoms with E-state index in [0.29, 0.717) is 5.75 Å². The van der Waals surface area contributed by atoms with E-state index in [1.54, 1.807) is 14.2 Å². The van der Waals surface area contributed by atoms with Gasteiger partial charge in [-0.1, -0.05) is 6.92 Å². The molecule has 0 spiro atoms. The molecule has 3 aromatic rings. The quantitative estimate of drug-likeness (QED) is 0.740. The van der Waals surface area contributed by atoms with Crippen LogP contribution in [0.5, 0.6) is 11.5 Å². The summed E-state index contributed by atoms with van der Waals surface area (Å²) < 4.78 is 12.7. The third-order valence-electron chi connectivity index (χ3n) is 4.08. The Kier molecular flexibility index (Phi) is 4.74. The molecule has 0 aliphatic rings. The van der Waals surface area contributed by atoms with Crippen molar-refractivity contribution in [2.75, 3.05) is 19.5 Å². The first-order chi connectivity index (χ1) is 12.1. The Bertz CT molecular complexity index is 904. The Morgan fingerprint density at radius 2 is 1.92 bits per heavy atom. The van der Waals surface area contributed by atoms with Crippen LogP contribution in [0.25, 0.3) is 11.0 Å². The van der Waals surface area contributed by atoms with Gasteiger partial charge in [0, 0.05) is 19.0 Å². The fraction of sp³-hybridized carbons (Fsp3) is 0.389. The first-order valence-corrected chi connectivity index (χ1v) is 8.34. The van der Waals surface area contributed by atoms with Crippen molar-refractivity contribution in [2.45, 2.75) is 33.7 Å². The second-order valence-electron chi connectivity index (χ2n) is 5.63. The molecule has 7 nitrogen and oxygen atoms in total. The van der Waals surface area contributed by atoms with Gasteiger partial charge in [-0.3, -0.25) is 4.68 Å². The summed E-state index contributed by atoms with van der Waals surface area (Å²) in [5, 5.41) is 7.97. The first-order valence-electron chi connectivity index (χ1n) is 8.34. The van der Waals surface area contributed by atoms with Crippen molar-refractivity contribution in [2.24, 2.45) is 0 Å². The summed E-state index contributed by atoms with van der Waals surface area (Å²) in [6, 6.07) is 5.61. The lowest BCUT2D eigenvalue weighted by Gasteiger charge is -2.14. The highest BCUT2D eigenvalue weighted by Crippen LogP contribution is 2.33. The van der Waals surface area contributed by atoms with Gasteiger partial charge >= 0.3 is 0 Å². The highest BCUT2D eigenvalue weighted by atomic mass is 16.5. The van der Waals surface area contributed by atoms with Crippen LogP contribution < -0.4 is 14.8 Å². The number of anilines is 2. The van der Waals surface area contributed by atoms with Gasteiger partial charge in [0.25, 0.3) is 0 Å². The van der Waals surface area contributed by atoms with Crippen molar-refractivity contribution >= 4 is 22.5 Å². The minimum atomic E-state index is 0.713. The van der Waals surface area contributed by atoms with Gasteiger partial charge in [-0.05, 0) is 26.0 Å². The van der Waals surface area contributed by atoms with Crippen molar-refractivity contribution in [1.29, 1.82) is 0 Å². The molecule has 0 unspecified atom stereocenters. The van der Waals surface area contributed by atoms with E-state index in [2.05, 4.69) is 27.3 Å². The third kappa shape index (κ3) is 3.09. The zero-order chi connectivity index (χ0) is 18.0. The van der Waals surface area contributed by atoms with Gasteiger partial charge in [-0.25, -0.2) is 9.97 Å². The minimum absolute atomic E-state index is 0.713. The molecule has 7 heteroatoms. The molecule has 2 aromatic heterocycles. The van der Waals surface area contributed by atoms with Crippen molar-refractivity contribution in [3.63, 3.8) is 0 Å². The normalized spacial score (nSPS) is 10.9. The molecule has 132 valence electrons. The summed E-state index contributed by atoms with van der Waals surface area (Å²) in [5.74, 6) is 2.95. The molecule has 0 saturated carbocycles. The van der Waals surface area contributed by atoms with E-state index in [4.69, 9.17) is 9.47 Å². The van der Waals surface area contributed by atoms with Crippen LogP contribution in [0.1, 0.15) is 25.4 Å².